The second-order valence-electron chi connectivity index (χ2n) is 5.70. The molecule has 0 fully saturated rings. The highest BCUT2D eigenvalue weighted by molar-refractivity contribution is 7.89. The SMILES string of the molecule is CC(=O)N(CCNS(=O)(=O)c1ccccc1C)Cc1ccccc1F. The number of halogens is 1. The highest BCUT2D eigenvalue weighted by Gasteiger charge is 2.17. The summed E-state index contributed by atoms with van der Waals surface area (Å²) >= 11 is 0. The smallest absolute Gasteiger partial charge is 0.240 e. The van der Waals surface area contributed by atoms with Gasteiger partial charge in [-0.15, -0.1) is 0 Å². The Balaban J connectivity index is 2.01. The Morgan fingerprint density at radius 3 is 2.40 bits per heavy atom. The Hall–Kier alpha value is -2.25. The van der Waals surface area contributed by atoms with E-state index in [1.807, 2.05) is 0 Å². The molecule has 2 aromatic carbocycles. The zero-order chi connectivity index (χ0) is 18.4. The molecule has 1 N–H and O–H groups in total. The predicted molar refractivity (Wildman–Crippen MR) is 93.9 cm³/mol. The van der Waals surface area contributed by atoms with Gasteiger partial charge in [0, 0.05) is 32.1 Å². The van der Waals surface area contributed by atoms with Gasteiger partial charge in [0.05, 0.1) is 4.90 Å². The number of carbonyl (C=O) groups excluding carboxylic acids is 1. The lowest BCUT2D eigenvalue weighted by atomic mass is 10.2. The summed E-state index contributed by atoms with van der Waals surface area (Å²) in [5.41, 5.74) is 1.03. The van der Waals surface area contributed by atoms with E-state index < -0.39 is 15.8 Å². The molecule has 0 saturated carbocycles. The second kappa shape index (κ2) is 8.22. The summed E-state index contributed by atoms with van der Waals surface area (Å²) in [6.07, 6.45) is 0. The van der Waals surface area contributed by atoms with Crippen LogP contribution in [0.1, 0.15) is 18.1 Å². The molecule has 5 nitrogen and oxygen atoms in total. The number of nitrogens with zero attached hydrogens (tertiary/aromatic N) is 1. The molecule has 0 heterocycles. The monoisotopic (exact) mass is 364 g/mol. The number of carbonyl (C=O) groups is 1. The summed E-state index contributed by atoms with van der Waals surface area (Å²) in [4.78, 5) is 13.4. The summed E-state index contributed by atoms with van der Waals surface area (Å²) in [5, 5.41) is 0. The van der Waals surface area contributed by atoms with Crippen molar-refractivity contribution in [2.75, 3.05) is 13.1 Å². The number of amides is 1. The van der Waals surface area contributed by atoms with E-state index in [9.17, 15) is 17.6 Å². The summed E-state index contributed by atoms with van der Waals surface area (Å²) in [7, 11) is -3.66. The summed E-state index contributed by atoms with van der Waals surface area (Å²) in [6, 6.07) is 12.9. The van der Waals surface area contributed by atoms with Crippen LogP contribution in [0.5, 0.6) is 0 Å². The number of hydrogen-bond acceptors (Lipinski definition) is 3. The Bertz CT molecular complexity index is 853. The molecule has 0 aliphatic rings. The molecule has 0 saturated heterocycles. The largest absolute Gasteiger partial charge is 0.337 e. The lowest BCUT2D eigenvalue weighted by Crippen LogP contribution is -2.37. The van der Waals surface area contributed by atoms with Gasteiger partial charge in [0.2, 0.25) is 15.9 Å². The number of hydrogen-bond donors (Lipinski definition) is 1. The molecule has 0 aliphatic heterocycles. The molecule has 2 rings (SSSR count). The molecule has 0 unspecified atom stereocenters. The summed E-state index contributed by atoms with van der Waals surface area (Å²) in [5.74, 6) is -0.646. The van der Waals surface area contributed by atoms with Crippen LogP contribution < -0.4 is 4.72 Å². The van der Waals surface area contributed by atoms with Crippen molar-refractivity contribution in [1.29, 1.82) is 0 Å². The minimum Gasteiger partial charge on any atom is -0.337 e. The third kappa shape index (κ3) is 5.11. The van der Waals surface area contributed by atoms with Crippen molar-refractivity contribution in [2.45, 2.75) is 25.3 Å². The maximum Gasteiger partial charge on any atom is 0.240 e. The third-order valence-electron chi connectivity index (χ3n) is 3.82. The molecule has 2 aromatic rings. The first kappa shape index (κ1) is 19.1. The van der Waals surface area contributed by atoms with Gasteiger partial charge in [-0.1, -0.05) is 36.4 Å². The summed E-state index contributed by atoms with van der Waals surface area (Å²) < 4.78 is 40.9. The first-order chi connectivity index (χ1) is 11.8. The van der Waals surface area contributed by atoms with Crippen LogP contribution in [-0.4, -0.2) is 32.3 Å². The van der Waals surface area contributed by atoms with Gasteiger partial charge in [0.1, 0.15) is 5.82 Å². The van der Waals surface area contributed by atoms with Gasteiger partial charge in [0.15, 0.2) is 0 Å². The van der Waals surface area contributed by atoms with Gasteiger partial charge in [-0.05, 0) is 24.6 Å². The molecule has 1 amide bonds. The van der Waals surface area contributed by atoms with Gasteiger partial charge >= 0.3 is 0 Å². The van der Waals surface area contributed by atoms with Crippen LogP contribution in [0.25, 0.3) is 0 Å². The highest BCUT2D eigenvalue weighted by atomic mass is 32.2. The predicted octanol–water partition coefficient (Wildman–Crippen LogP) is 2.46. The highest BCUT2D eigenvalue weighted by Crippen LogP contribution is 2.14. The third-order valence-corrected chi connectivity index (χ3v) is 5.44. The van der Waals surface area contributed by atoms with Crippen molar-refractivity contribution in [2.24, 2.45) is 0 Å². The lowest BCUT2D eigenvalue weighted by molar-refractivity contribution is -0.129. The van der Waals surface area contributed by atoms with E-state index in [1.54, 1.807) is 43.3 Å². The molecule has 0 atom stereocenters. The molecule has 0 bridgehead atoms. The molecule has 0 aromatic heterocycles. The molecule has 0 aliphatic carbocycles. The van der Waals surface area contributed by atoms with Gasteiger partial charge in [0.25, 0.3) is 0 Å². The van der Waals surface area contributed by atoms with Gasteiger partial charge < -0.3 is 4.90 Å². The van der Waals surface area contributed by atoms with Crippen molar-refractivity contribution in [1.82, 2.24) is 9.62 Å². The van der Waals surface area contributed by atoms with E-state index in [1.165, 1.54) is 24.0 Å². The molecule has 25 heavy (non-hydrogen) atoms. The second-order valence-corrected chi connectivity index (χ2v) is 7.43. The molecular weight excluding hydrogens is 343 g/mol. The number of sulfonamides is 1. The van der Waals surface area contributed by atoms with E-state index in [2.05, 4.69) is 4.72 Å². The maximum absolute atomic E-state index is 13.7. The van der Waals surface area contributed by atoms with Crippen molar-refractivity contribution < 1.29 is 17.6 Å². The van der Waals surface area contributed by atoms with Crippen molar-refractivity contribution in [3.8, 4) is 0 Å². The Morgan fingerprint density at radius 2 is 1.76 bits per heavy atom. The van der Waals surface area contributed by atoms with E-state index in [0.29, 0.717) is 11.1 Å². The number of nitrogens with one attached hydrogen (secondary N) is 1. The van der Waals surface area contributed by atoms with E-state index in [4.69, 9.17) is 0 Å². The van der Waals surface area contributed by atoms with Crippen molar-refractivity contribution in [3.63, 3.8) is 0 Å². The van der Waals surface area contributed by atoms with Crippen LogP contribution in [-0.2, 0) is 21.4 Å². The average Bonchev–Trinajstić information content (AvgIpc) is 2.55. The normalized spacial score (nSPS) is 11.3. The fourth-order valence-electron chi connectivity index (χ4n) is 2.43. The number of rotatable bonds is 7. The van der Waals surface area contributed by atoms with Crippen LogP contribution in [0.3, 0.4) is 0 Å². The zero-order valence-corrected chi connectivity index (χ0v) is 15.0. The molecule has 0 spiro atoms. The maximum atomic E-state index is 13.7. The van der Waals surface area contributed by atoms with Crippen LogP contribution in [0.2, 0.25) is 0 Å². The standard InChI is InChI=1S/C18H21FN2O3S/c1-14-7-3-6-10-18(14)25(23,24)20-11-12-21(15(2)22)13-16-8-4-5-9-17(16)19/h3-10,20H,11-13H2,1-2H3. The van der Waals surface area contributed by atoms with Crippen LogP contribution in [0.4, 0.5) is 4.39 Å². The van der Waals surface area contributed by atoms with E-state index >= 15 is 0 Å². The van der Waals surface area contributed by atoms with Crippen LogP contribution >= 0.6 is 0 Å². The quantitative estimate of drug-likeness (QED) is 0.821. The Morgan fingerprint density at radius 1 is 1.12 bits per heavy atom. The minimum atomic E-state index is -3.66. The lowest BCUT2D eigenvalue weighted by Gasteiger charge is -2.21. The number of aryl methyl sites for hydroxylation is 1. The summed E-state index contributed by atoms with van der Waals surface area (Å²) in [6.45, 7) is 3.37. The first-order valence-electron chi connectivity index (χ1n) is 7.85. The topological polar surface area (TPSA) is 66.5 Å². The zero-order valence-electron chi connectivity index (χ0n) is 14.2. The minimum absolute atomic E-state index is 0.0463. The molecule has 134 valence electrons. The van der Waals surface area contributed by atoms with Gasteiger partial charge in [-0.2, -0.15) is 0 Å². The average molecular weight is 364 g/mol. The van der Waals surface area contributed by atoms with Crippen molar-refractivity contribution in [3.05, 3.63) is 65.5 Å². The fourth-order valence-corrected chi connectivity index (χ4v) is 3.70. The van der Waals surface area contributed by atoms with E-state index in [0.717, 1.165) is 0 Å². The Kier molecular flexibility index (Phi) is 6.27. The van der Waals surface area contributed by atoms with Gasteiger partial charge in [-0.3, -0.25) is 4.79 Å². The van der Waals surface area contributed by atoms with Crippen LogP contribution in [0.15, 0.2) is 53.4 Å². The first-order valence-corrected chi connectivity index (χ1v) is 9.34. The van der Waals surface area contributed by atoms with Gasteiger partial charge in [-0.25, -0.2) is 17.5 Å². The van der Waals surface area contributed by atoms with E-state index in [-0.39, 0.29) is 30.4 Å². The fraction of sp³-hybridized carbons (Fsp3) is 0.278. The molecule has 7 heteroatoms. The molecular formula is C18H21FN2O3S. The molecule has 0 radical (unpaired) electrons. The van der Waals surface area contributed by atoms with Crippen LogP contribution in [0, 0.1) is 12.7 Å². The Labute approximate surface area is 147 Å². The van der Waals surface area contributed by atoms with Crippen molar-refractivity contribution >= 4 is 15.9 Å². The number of benzene rings is 2.